The fraction of sp³-hybridized carbons (Fsp3) is 0.500. The van der Waals surface area contributed by atoms with Crippen LogP contribution in [0.5, 0.6) is 0 Å². The fourth-order valence-corrected chi connectivity index (χ4v) is 6.05. The molecule has 1 unspecified atom stereocenters. The standard InChI is InChI=1S/C26H33N3O4S/c1-16-8-6-10-20(17(16)2)29-15-18(14-22(29)30)24(31)28-26-23(25(32)27-12-7-13-33-3)19-9-4-5-11-21(19)34-26/h6,8,10,18H,4-5,7,9,11-15H2,1-3H3,(H,27,32)(H,28,31). The van der Waals surface area contributed by atoms with E-state index in [1.807, 2.05) is 32.0 Å². The molecule has 1 aromatic carbocycles. The number of carbonyl (C=O) groups excluding carboxylic acids is 3. The van der Waals surface area contributed by atoms with Crippen LogP contribution < -0.4 is 15.5 Å². The lowest BCUT2D eigenvalue weighted by atomic mass is 9.95. The number of aryl methyl sites for hydroxylation is 2. The second kappa shape index (κ2) is 10.7. The third-order valence-corrected chi connectivity index (χ3v) is 8.02. The van der Waals surface area contributed by atoms with Gasteiger partial charge in [0.1, 0.15) is 5.00 Å². The Hall–Kier alpha value is -2.71. The van der Waals surface area contributed by atoms with Gasteiger partial charge in [-0.05, 0) is 68.7 Å². The number of amides is 3. The molecule has 0 spiro atoms. The molecule has 4 rings (SSSR count). The zero-order chi connectivity index (χ0) is 24.2. The van der Waals surface area contributed by atoms with Gasteiger partial charge in [-0.2, -0.15) is 0 Å². The van der Waals surface area contributed by atoms with E-state index >= 15 is 0 Å². The van der Waals surface area contributed by atoms with Gasteiger partial charge in [-0.3, -0.25) is 14.4 Å². The summed E-state index contributed by atoms with van der Waals surface area (Å²) in [4.78, 5) is 42.0. The van der Waals surface area contributed by atoms with E-state index in [-0.39, 0.29) is 24.1 Å². The molecule has 3 amide bonds. The van der Waals surface area contributed by atoms with Gasteiger partial charge in [-0.15, -0.1) is 11.3 Å². The molecule has 2 aliphatic rings. The highest BCUT2D eigenvalue weighted by atomic mass is 32.1. The third kappa shape index (κ3) is 5.03. The fourth-order valence-electron chi connectivity index (χ4n) is 4.76. The molecule has 1 atom stereocenters. The summed E-state index contributed by atoms with van der Waals surface area (Å²) in [6.07, 6.45) is 4.82. The number of hydrogen-bond acceptors (Lipinski definition) is 5. The molecule has 0 bridgehead atoms. The summed E-state index contributed by atoms with van der Waals surface area (Å²) in [7, 11) is 1.64. The van der Waals surface area contributed by atoms with E-state index in [1.54, 1.807) is 12.0 Å². The van der Waals surface area contributed by atoms with Crippen LogP contribution in [0.2, 0.25) is 0 Å². The number of nitrogens with zero attached hydrogens (tertiary/aromatic N) is 1. The van der Waals surface area contributed by atoms with Crippen LogP contribution in [0.4, 0.5) is 10.7 Å². The molecule has 2 aromatic rings. The van der Waals surface area contributed by atoms with Crippen molar-refractivity contribution in [3.8, 4) is 0 Å². The zero-order valence-corrected chi connectivity index (χ0v) is 21.0. The van der Waals surface area contributed by atoms with Crippen molar-refractivity contribution in [2.24, 2.45) is 5.92 Å². The summed E-state index contributed by atoms with van der Waals surface area (Å²) in [5.74, 6) is -0.849. The van der Waals surface area contributed by atoms with E-state index in [4.69, 9.17) is 4.74 Å². The first-order valence-electron chi connectivity index (χ1n) is 12.0. The summed E-state index contributed by atoms with van der Waals surface area (Å²) < 4.78 is 5.06. The van der Waals surface area contributed by atoms with Gasteiger partial charge in [0.25, 0.3) is 5.91 Å². The molecule has 7 nitrogen and oxygen atoms in total. The molecule has 2 heterocycles. The van der Waals surface area contributed by atoms with Gasteiger partial charge < -0.3 is 20.3 Å². The van der Waals surface area contributed by atoms with Crippen LogP contribution in [0.1, 0.15) is 57.6 Å². The van der Waals surface area contributed by atoms with Gasteiger partial charge in [-0.1, -0.05) is 12.1 Å². The van der Waals surface area contributed by atoms with Gasteiger partial charge in [0.05, 0.1) is 11.5 Å². The Labute approximate surface area is 204 Å². The highest BCUT2D eigenvalue weighted by molar-refractivity contribution is 7.17. The number of carbonyl (C=O) groups is 3. The summed E-state index contributed by atoms with van der Waals surface area (Å²) in [5.41, 5.74) is 4.69. The number of methoxy groups -OCH3 is 1. The normalized spacial score (nSPS) is 17.6. The zero-order valence-electron chi connectivity index (χ0n) is 20.2. The highest BCUT2D eigenvalue weighted by Gasteiger charge is 2.37. The number of hydrogen-bond donors (Lipinski definition) is 2. The van der Waals surface area contributed by atoms with Gasteiger partial charge in [-0.25, -0.2) is 0 Å². The molecular formula is C26H33N3O4S. The van der Waals surface area contributed by atoms with Crippen LogP contribution in [-0.2, 0) is 27.2 Å². The minimum atomic E-state index is -0.454. The van der Waals surface area contributed by atoms with Crippen molar-refractivity contribution in [1.29, 1.82) is 0 Å². The first-order valence-corrected chi connectivity index (χ1v) is 12.8. The van der Waals surface area contributed by atoms with Gasteiger partial charge in [0, 0.05) is 43.8 Å². The lowest BCUT2D eigenvalue weighted by Gasteiger charge is -2.20. The Morgan fingerprint density at radius 2 is 2.00 bits per heavy atom. The first kappa shape index (κ1) is 24.4. The number of benzene rings is 1. The first-order chi connectivity index (χ1) is 16.4. The highest BCUT2D eigenvalue weighted by Crippen LogP contribution is 2.39. The Morgan fingerprint density at radius 1 is 1.21 bits per heavy atom. The number of nitrogens with one attached hydrogen (secondary N) is 2. The lowest BCUT2D eigenvalue weighted by Crippen LogP contribution is -2.30. The Balaban J connectivity index is 1.50. The van der Waals surface area contributed by atoms with Crippen LogP contribution in [0.15, 0.2) is 18.2 Å². The van der Waals surface area contributed by atoms with Crippen molar-refractivity contribution in [3.05, 3.63) is 45.3 Å². The van der Waals surface area contributed by atoms with Crippen LogP contribution in [0, 0.1) is 19.8 Å². The quantitative estimate of drug-likeness (QED) is 0.556. The van der Waals surface area contributed by atoms with Crippen molar-refractivity contribution >= 4 is 39.7 Å². The molecule has 0 saturated carbocycles. The van der Waals surface area contributed by atoms with Crippen molar-refractivity contribution in [2.45, 2.75) is 52.4 Å². The monoisotopic (exact) mass is 483 g/mol. The van der Waals surface area contributed by atoms with Crippen LogP contribution >= 0.6 is 11.3 Å². The molecule has 2 N–H and O–H groups in total. The van der Waals surface area contributed by atoms with Crippen LogP contribution in [-0.4, -0.2) is 44.5 Å². The predicted octanol–water partition coefficient (Wildman–Crippen LogP) is 4.00. The average molecular weight is 484 g/mol. The van der Waals surface area contributed by atoms with Crippen molar-refractivity contribution < 1.29 is 19.1 Å². The molecule has 1 fully saturated rings. The minimum Gasteiger partial charge on any atom is -0.385 e. The van der Waals surface area contributed by atoms with E-state index in [1.165, 1.54) is 16.2 Å². The number of rotatable bonds is 8. The second-order valence-electron chi connectivity index (χ2n) is 9.13. The molecule has 8 heteroatoms. The Bertz CT molecular complexity index is 1090. The maximum absolute atomic E-state index is 13.2. The third-order valence-electron chi connectivity index (χ3n) is 6.81. The van der Waals surface area contributed by atoms with Crippen molar-refractivity contribution in [3.63, 3.8) is 0 Å². The number of ether oxygens (including phenoxy) is 1. The predicted molar refractivity (Wildman–Crippen MR) is 135 cm³/mol. The van der Waals surface area contributed by atoms with E-state index in [0.29, 0.717) is 30.3 Å². The Kier molecular flexibility index (Phi) is 7.68. The Morgan fingerprint density at radius 3 is 2.79 bits per heavy atom. The number of anilines is 2. The lowest BCUT2D eigenvalue weighted by molar-refractivity contribution is -0.122. The summed E-state index contributed by atoms with van der Waals surface area (Å²) in [6.45, 7) is 5.46. The molecule has 1 aliphatic carbocycles. The minimum absolute atomic E-state index is 0.0459. The molecule has 1 aromatic heterocycles. The molecule has 1 aliphatic heterocycles. The molecule has 1 saturated heterocycles. The smallest absolute Gasteiger partial charge is 0.254 e. The molecule has 0 radical (unpaired) electrons. The molecule has 34 heavy (non-hydrogen) atoms. The van der Waals surface area contributed by atoms with Gasteiger partial charge in [0.2, 0.25) is 11.8 Å². The van der Waals surface area contributed by atoms with Crippen molar-refractivity contribution in [1.82, 2.24) is 5.32 Å². The number of fused-ring (bicyclic) bond motifs is 1. The van der Waals surface area contributed by atoms with Gasteiger partial charge in [0.15, 0.2) is 0 Å². The summed E-state index contributed by atoms with van der Waals surface area (Å²) >= 11 is 1.51. The van der Waals surface area contributed by atoms with E-state index < -0.39 is 5.92 Å². The maximum Gasteiger partial charge on any atom is 0.254 e. The summed E-state index contributed by atoms with van der Waals surface area (Å²) in [5, 5.41) is 6.61. The molecule has 182 valence electrons. The largest absolute Gasteiger partial charge is 0.385 e. The van der Waals surface area contributed by atoms with Crippen LogP contribution in [0.25, 0.3) is 0 Å². The van der Waals surface area contributed by atoms with Crippen LogP contribution in [0.3, 0.4) is 0 Å². The summed E-state index contributed by atoms with van der Waals surface area (Å²) in [6, 6.07) is 5.88. The SMILES string of the molecule is COCCCNC(=O)c1c(NC(=O)C2CC(=O)N(c3cccc(C)c3C)C2)sc2c1CCCC2. The maximum atomic E-state index is 13.2. The second-order valence-corrected chi connectivity index (χ2v) is 10.2. The topological polar surface area (TPSA) is 87.7 Å². The van der Waals surface area contributed by atoms with Crippen molar-refractivity contribution in [2.75, 3.05) is 37.0 Å². The van der Waals surface area contributed by atoms with E-state index in [9.17, 15) is 14.4 Å². The molecular weight excluding hydrogens is 450 g/mol. The average Bonchev–Trinajstić information content (AvgIpc) is 3.38. The van der Waals surface area contributed by atoms with E-state index in [0.717, 1.165) is 54.5 Å². The number of thiophene rings is 1. The van der Waals surface area contributed by atoms with E-state index in [2.05, 4.69) is 10.6 Å². The van der Waals surface area contributed by atoms with Gasteiger partial charge >= 0.3 is 0 Å².